The van der Waals surface area contributed by atoms with Crippen LogP contribution in [0.4, 0.5) is 10.1 Å². The van der Waals surface area contributed by atoms with Gasteiger partial charge in [-0.25, -0.2) is 12.8 Å². The number of likely N-dealkylation sites (N-methyl/N-ethyl adjacent to an activating group) is 1. The zero-order chi connectivity index (χ0) is 24.9. The molecular weight excluding hydrogens is 465 g/mol. The highest BCUT2D eigenvalue weighted by molar-refractivity contribution is 7.92. The van der Waals surface area contributed by atoms with E-state index in [-0.39, 0.29) is 30.7 Å². The average molecular weight is 494 g/mol. The number of nitrogens with zero attached hydrogens (tertiary/aromatic N) is 2. The number of rotatable bonds is 10. The molecule has 0 saturated carbocycles. The number of hydrogen-bond acceptors (Lipinski definition) is 6. The van der Waals surface area contributed by atoms with Gasteiger partial charge in [-0.1, -0.05) is 19.1 Å². The van der Waals surface area contributed by atoms with Crippen molar-refractivity contribution in [3.63, 3.8) is 0 Å². The molecule has 2 aromatic rings. The van der Waals surface area contributed by atoms with Gasteiger partial charge in [-0.05, 0) is 43.2 Å². The van der Waals surface area contributed by atoms with Crippen LogP contribution >= 0.6 is 0 Å². The molecule has 1 heterocycles. The van der Waals surface area contributed by atoms with Gasteiger partial charge in [0.1, 0.15) is 18.4 Å². The number of sulfonamides is 1. The summed E-state index contributed by atoms with van der Waals surface area (Å²) < 4.78 is 50.9. The first-order chi connectivity index (χ1) is 16.2. The van der Waals surface area contributed by atoms with Gasteiger partial charge in [0.2, 0.25) is 28.6 Å². The largest absolute Gasteiger partial charge is 0.454 e. The lowest BCUT2D eigenvalue weighted by molar-refractivity contribution is -0.140. The van der Waals surface area contributed by atoms with Crippen LogP contribution in [0.5, 0.6) is 11.5 Å². The van der Waals surface area contributed by atoms with Crippen molar-refractivity contribution < 1.29 is 31.9 Å². The topological polar surface area (TPSA) is 105 Å². The normalized spacial score (nSPS) is 13.3. The number of fused-ring (bicyclic) bond motifs is 1. The molecule has 2 aromatic carbocycles. The van der Waals surface area contributed by atoms with Gasteiger partial charge in [0.15, 0.2) is 11.5 Å². The van der Waals surface area contributed by atoms with Crippen LogP contribution in [0, 0.1) is 5.82 Å². The minimum atomic E-state index is -3.86. The molecule has 11 heteroatoms. The smallest absolute Gasteiger partial charge is 0.244 e. The lowest BCUT2D eigenvalue weighted by Crippen LogP contribution is -2.52. The highest BCUT2D eigenvalue weighted by Crippen LogP contribution is 2.36. The molecular formula is C23H28FN3O6S. The average Bonchev–Trinajstić information content (AvgIpc) is 3.31. The molecule has 3 rings (SSSR count). The number of halogens is 1. The van der Waals surface area contributed by atoms with Crippen molar-refractivity contribution in [1.29, 1.82) is 0 Å². The van der Waals surface area contributed by atoms with Gasteiger partial charge in [-0.15, -0.1) is 0 Å². The third kappa shape index (κ3) is 5.58. The lowest BCUT2D eigenvalue weighted by Gasteiger charge is -2.33. The molecule has 0 spiro atoms. The summed E-state index contributed by atoms with van der Waals surface area (Å²) in [6, 6.07) is 9.34. The fourth-order valence-electron chi connectivity index (χ4n) is 3.63. The SMILES string of the molecule is CC[C@H](C(=O)NC)N(Cc1ccc(F)cc1)C(=O)CN(c1ccc2c(c1)OCO2)S(=O)(=O)CC. The molecule has 0 unspecified atom stereocenters. The summed E-state index contributed by atoms with van der Waals surface area (Å²) in [5, 5.41) is 2.55. The first kappa shape index (κ1) is 25.3. The van der Waals surface area contributed by atoms with Crippen LogP contribution in [0.2, 0.25) is 0 Å². The molecule has 9 nitrogen and oxygen atoms in total. The van der Waals surface area contributed by atoms with Gasteiger partial charge in [0.25, 0.3) is 0 Å². The number of nitrogens with one attached hydrogen (secondary N) is 1. The van der Waals surface area contributed by atoms with Crippen LogP contribution in [-0.4, -0.2) is 57.3 Å². The van der Waals surface area contributed by atoms with E-state index in [1.807, 2.05) is 0 Å². The molecule has 184 valence electrons. The first-order valence-corrected chi connectivity index (χ1v) is 12.5. The highest BCUT2D eigenvalue weighted by Gasteiger charge is 2.32. The Balaban J connectivity index is 1.96. The number of carbonyl (C=O) groups excluding carboxylic acids is 2. The quantitative estimate of drug-likeness (QED) is 0.544. The van der Waals surface area contributed by atoms with E-state index in [2.05, 4.69) is 5.32 Å². The molecule has 1 aliphatic heterocycles. The molecule has 0 bridgehead atoms. The Morgan fingerprint density at radius 1 is 1.09 bits per heavy atom. The third-order valence-electron chi connectivity index (χ3n) is 5.52. The molecule has 0 fully saturated rings. The Hall–Kier alpha value is -3.34. The van der Waals surface area contributed by atoms with E-state index in [0.29, 0.717) is 23.5 Å². The van der Waals surface area contributed by atoms with Crippen molar-refractivity contribution in [3.8, 4) is 11.5 Å². The number of benzene rings is 2. The van der Waals surface area contributed by atoms with E-state index >= 15 is 0 Å². The molecule has 0 saturated heterocycles. The second-order valence-corrected chi connectivity index (χ2v) is 9.81. The van der Waals surface area contributed by atoms with Crippen molar-refractivity contribution in [3.05, 3.63) is 53.8 Å². The molecule has 0 aromatic heterocycles. The zero-order valence-electron chi connectivity index (χ0n) is 19.3. The fourth-order valence-corrected chi connectivity index (χ4v) is 4.69. The second kappa shape index (κ2) is 10.7. The van der Waals surface area contributed by atoms with Crippen LogP contribution in [0.15, 0.2) is 42.5 Å². The Morgan fingerprint density at radius 2 is 1.76 bits per heavy atom. The Labute approximate surface area is 198 Å². The van der Waals surface area contributed by atoms with Crippen LogP contribution < -0.4 is 19.1 Å². The molecule has 1 N–H and O–H groups in total. The van der Waals surface area contributed by atoms with Crippen molar-refractivity contribution in [2.24, 2.45) is 0 Å². The number of amides is 2. The number of hydrogen-bond donors (Lipinski definition) is 1. The zero-order valence-corrected chi connectivity index (χ0v) is 20.1. The number of ether oxygens (including phenoxy) is 2. The van der Waals surface area contributed by atoms with Gasteiger partial charge in [-0.3, -0.25) is 13.9 Å². The molecule has 0 radical (unpaired) electrons. The summed E-state index contributed by atoms with van der Waals surface area (Å²) in [6.07, 6.45) is 0.303. The van der Waals surface area contributed by atoms with Crippen LogP contribution in [-0.2, 0) is 26.2 Å². The minimum Gasteiger partial charge on any atom is -0.454 e. The Bertz CT molecular complexity index is 1140. The van der Waals surface area contributed by atoms with E-state index in [1.54, 1.807) is 13.0 Å². The van der Waals surface area contributed by atoms with Crippen LogP contribution in [0.1, 0.15) is 25.8 Å². The van der Waals surface area contributed by atoms with Gasteiger partial charge < -0.3 is 19.7 Å². The van der Waals surface area contributed by atoms with Crippen molar-refractivity contribution >= 4 is 27.5 Å². The Kier molecular flexibility index (Phi) is 7.98. The first-order valence-electron chi connectivity index (χ1n) is 10.9. The molecule has 34 heavy (non-hydrogen) atoms. The van der Waals surface area contributed by atoms with E-state index in [1.165, 1.54) is 55.3 Å². The second-order valence-electron chi connectivity index (χ2n) is 7.63. The van der Waals surface area contributed by atoms with E-state index in [4.69, 9.17) is 9.47 Å². The minimum absolute atomic E-state index is 0.00614. The lowest BCUT2D eigenvalue weighted by atomic mass is 10.1. The highest BCUT2D eigenvalue weighted by atomic mass is 32.2. The summed E-state index contributed by atoms with van der Waals surface area (Å²) in [7, 11) is -2.39. The van der Waals surface area contributed by atoms with Gasteiger partial charge in [0, 0.05) is 19.7 Å². The molecule has 1 atom stereocenters. The van der Waals surface area contributed by atoms with Crippen LogP contribution in [0.25, 0.3) is 0 Å². The molecule has 1 aliphatic rings. The predicted octanol–water partition coefficient (Wildman–Crippen LogP) is 2.26. The Morgan fingerprint density at radius 3 is 2.38 bits per heavy atom. The molecule has 2 amide bonds. The maximum atomic E-state index is 13.5. The van der Waals surface area contributed by atoms with Crippen molar-refractivity contribution in [2.45, 2.75) is 32.9 Å². The molecule has 0 aliphatic carbocycles. The fraction of sp³-hybridized carbons (Fsp3) is 0.391. The standard InChI is InChI=1S/C23H28FN3O6S/c1-4-19(23(29)25-3)26(13-16-6-8-17(24)9-7-16)22(28)14-27(34(30,31)5-2)18-10-11-20-21(12-18)33-15-32-20/h6-12,19H,4-5,13-15H2,1-3H3,(H,25,29)/t19-/m1/s1. The van der Waals surface area contributed by atoms with Gasteiger partial charge in [-0.2, -0.15) is 0 Å². The van der Waals surface area contributed by atoms with Crippen LogP contribution in [0.3, 0.4) is 0 Å². The number of anilines is 1. The number of carbonyl (C=O) groups is 2. The van der Waals surface area contributed by atoms with E-state index in [0.717, 1.165) is 4.31 Å². The van der Waals surface area contributed by atoms with Crippen molar-refractivity contribution in [1.82, 2.24) is 10.2 Å². The summed E-state index contributed by atoms with van der Waals surface area (Å²) in [5.74, 6) is -0.767. The van der Waals surface area contributed by atoms with E-state index < -0.39 is 34.3 Å². The van der Waals surface area contributed by atoms with Gasteiger partial charge >= 0.3 is 0 Å². The van der Waals surface area contributed by atoms with E-state index in [9.17, 15) is 22.4 Å². The predicted molar refractivity (Wildman–Crippen MR) is 124 cm³/mol. The maximum Gasteiger partial charge on any atom is 0.244 e. The third-order valence-corrected chi connectivity index (χ3v) is 7.26. The summed E-state index contributed by atoms with van der Waals surface area (Å²) >= 11 is 0. The summed E-state index contributed by atoms with van der Waals surface area (Å²) in [5.41, 5.74) is 0.847. The van der Waals surface area contributed by atoms with Crippen molar-refractivity contribution in [2.75, 3.05) is 30.4 Å². The van der Waals surface area contributed by atoms with Gasteiger partial charge in [0.05, 0.1) is 11.4 Å². The summed E-state index contributed by atoms with van der Waals surface area (Å²) in [6.45, 7) is 2.74. The maximum absolute atomic E-state index is 13.5. The monoisotopic (exact) mass is 493 g/mol. The summed E-state index contributed by atoms with van der Waals surface area (Å²) in [4.78, 5) is 27.4.